The molecular weight excluding hydrogens is 623 g/mol. The Morgan fingerprint density at radius 2 is 0.804 bits per heavy atom. The van der Waals surface area contributed by atoms with Crippen LogP contribution in [0.3, 0.4) is 0 Å². The molecule has 9 aromatic rings. The number of nitrogens with zero attached hydrogens (tertiary/aromatic N) is 3. The zero-order chi connectivity index (χ0) is 34.0. The van der Waals surface area contributed by atoms with Crippen molar-refractivity contribution in [2.45, 2.75) is 0 Å². The lowest BCUT2D eigenvalue weighted by molar-refractivity contribution is 0.620. The first kappa shape index (κ1) is 30.2. The van der Waals surface area contributed by atoms with Crippen molar-refractivity contribution in [3.05, 3.63) is 200 Å². The molecule has 0 aliphatic carbocycles. The molecule has 0 spiro atoms. The fourth-order valence-corrected chi connectivity index (χ4v) is 6.84. The number of para-hydroxylation sites is 3. The molecule has 9 rings (SSSR count). The number of hydrogen-bond donors (Lipinski definition) is 0. The number of aromatic nitrogens is 1. The molecular formula is C47H33N3O. The summed E-state index contributed by atoms with van der Waals surface area (Å²) in [5, 5.41) is 2.07. The van der Waals surface area contributed by atoms with Crippen molar-refractivity contribution in [2.24, 2.45) is 0 Å². The number of benzene rings is 8. The van der Waals surface area contributed by atoms with Gasteiger partial charge in [-0.3, -0.25) is 0 Å². The van der Waals surface area contributed by atoms with E-state index in [4.69, 9.17) is 9.40 Å². The molecule has 0 aliphatic rings. The zero-order valence-electron chi connectivity index (χ0n) is 27.8. The topological polar surface area (TPSA) is 32.5 Å². The highest BCUT2D eigenvalue weighted by atomic mass is 16.3. The van der Waals surface area contributed by atoms with Crippen molar-refractivity contribution >= 4 is 56.0 Å². The minimum Gasteiger partial charge on any atom is -0.436 e. The minimum atomic E-state index is 0.593. The Morgan fingerprint density at radius 1 is 0.353 bits per heavy atom. The molecule has 0 N–H and O–H groups in total. The molecule has 51 heavy (non-hydrogen) atoms. The summed E-state index contributed by atoms with van der Waals surface area (Å²) < 4.78 is 6.62. The van der Waals surface area contributed by atoms with Crippen molar-refractivity contribution in [3.8, 4) is 22.6 Å². The second-order valence-corrected chi connectivity index (χ2v) is 12.4. The molecule has 0 aliphatic heterocycles. The maximum atomic E-state index is 6.62. The van der Waals surface area contributed by atoms with Crippen molar-refractivity contribution in [2.75, 3.05) is 9.80 Å². The third kappa shape index (κ3) is 5.79. The number of oxazole rings is 1. The molecule has 0 saturated carbocycles. The number of rotatable bonds is 8. The second kappa shape index (κ2) is 13.2. The molecule has 1 heterocycles. The van der Waals surface area contributed by atoms with E-state index in [0.29, 0.717) is 5.89 Å². The van der Waals surface area contributed by atoms with Crippen LogP contribution in [0.25, 0.3) is 44.5 Å². The highest BCUT2D eigenvalue weighted by Crippen LogP contribution is 2.45. The molecule has 0 saturated heterocycles. The molecule has 0 atom stereocenters. The monoisotopic (exact) mass is 655 g/mol. The van der Waals surface area contributed by atoms with Gasteiger partial charge in [0, 0.05) is 50.8 Å². The molecule has 0 bridgehead atoms. The molecule has 0 fully saturated rings. The van der Waals surface area contributed by atoms with Gasteiger partial charge in [-0.05, 0) is 83.9 Å². The Kier molecular flexibility index (Phi) is 7.80. The summed E-state index contributed by atoms with van der Waals surface area (Å²) in [5.74, 6) is 0.593. The molecule has 242 valence electrons. The van der Waals surface area contributed by atoms with Crippen LogP contribution in [0.15, 0.2) is 205 Å². The van der Waals surface area contributed by atoms with Gasteiger partial charge in [0.1, 0.15) is 5.52 Å². The van der Waals surface area contributed by atoms with E-state index in [9.17, 15) is 0 Å². The third-order valence-electron chi connectivity index (χ3n) is 9.25. The standard InChI is InChI=1S/C47H33N3O/c1-6-16-34(17-7-1)35-26-28-40(29-27-35)50(39-24-14-5-15-25-39)44-33-45-46(48-47(51-45)36-18-8-2-9-19-36)43-32-41(30-31-42(43)44)49(37-20-10-3-11-21-37)38-22-12-4-13-23-38/h1-33H. The summed E-state index contributed by atoms with van der Waals surface area (Å²) in [6.45, 7) is 0. The predicted molar refractivity (Wildman–Crippen MR) is 212 cm³/mol. The van der Waals surface area contributed by atoms with Crippen LogP contribution in [0.5, 0.6) is 0 Å². The Hall–Kier alpha value is -6.91. The van der Waals surface area contributed by atoms with Crippen molar-refractivity contribution in [1.82, 2.24) is 4.98 Å². The van der Waals surface area contributed by atoms with Crippen LogP contribution in [0.1, 0.15) is 0 Å². The molecule has 0 unspecified atom stereocenters. The maximum Gasteiger partial charge on any atom is 0.227 e. The Labute approximate surface area is 297 Å². The number of fused-ring (bicyclic) bond motifs is 3. The molecule has 4 heteroatoms. The first-order valence-corrected chi connectivity index (χ1v) is 17.1. The average molecular weight is 656 g/mol. The molecule has 0 amide bonds. The van der Waals surface area contributed by atoms with Crippen LogP contribution < -0.4 is 9.80 Å². The third-order valence-corrected chi connectivity index (χ3v) is 9.25. The van der Waals surface area contributed by atoms with Crippen molar-refractivity contribution in [1.29, 1.82) is 0 Å². The van der Waals surface area contributed by atoms with Crippen LogP contribution in [0.2, 0.25) is 0 Å². The first-order chi connectivity index (χ1) is 25.3. The van der Waals surface area contributed by atoms with Crippen LogP contribution in [-0.2, 0) is 0 Å². The largest absolute Gasteiger partial charge is 0.436 e. The van der Waals surface area contributed by atoms with Gasteiger partial charge in [-0.25, -0.2) is 4.98 Å². The lowest BCUT2D eigenvalue weighted by Gasteiger charge is -2.28. The van der Waals surface area contributed by atoms with Crippen LogP contribution in [0, 0.1) is 0 Å². The highest BCUT2D eigenvalue weighted by Gasteiger charge is 2.22. The van der Waals surface area contributed by atoms with E-state index < -0.39 is 0 Å². The molecule has 4 nitrogen and oxygen atoms in total. The summed E-state index contributed by atoms with van der Waals surface area (Å²) >= 11 is 0. The van der Waals surface area contributed by atoms with Gasteiger partial charge in [-0.15, -0.1) is 0 Å². The van der Waals surface area contributed by atoms with Gasteiger partial charge in [-0.2, -0.15) is 0 Å². The minimum absolute atomic E-state index is 0.593. The molecule has 0 radical (unpaired) electrons. The average Bonchev–Trinajstić information content (AvgIpc) is 3.65. The van der Waals surface area contributed by atoms with Crippen LogP contribution in [0.4, 0.5) is 34.1 Å². The van der Waals surface area contributed by atoms with Gasteiger partial charge in [0.05, 0.1) is 5.69 Å². The van der Waals surface area contributed by atoms with Gasteiger partial charge >= 0.3 is 0 Å². The smallest absolute Gasteiger partial charge is 0.227 e. The highest BCUT2D eigenvalue weighted by molar-refractivity contribution is 6.13. The lowest BCUT2D eigenvalue weighted by atomic mass is 10.0. The summed E-state index contributed by atoms with van der Waals surface area (Å²) in [6.07, 6.45) is 0. The fourth-order valence-electron chi connectivity index (χ4n) is 6.84. The van der Waals surface area contributed by atoms with E-state index in [0.717, 1.165) is 61.6 Å². The molecule has 1 aromatic heterocycles. The molecule has 8 aromatic carbocycles. The van der Waals surface area contributed by atoms with Crippen LogP contribution >= 0.6 is 0 Å². The SMILES string of the molecule is c1ccc(-c2ccc(N(c3ccccc3)c3cc4oc(-c5ccccc5)nc4c4cc(N(c5ccccc5)c5ccccc5)ccc34)cc2)cc1. The van der Waals surface area contributed by atoms with Crippen molar-refractivity contribution in [3.63, 3.8) is 0 Å². The maximum absolute atomic E-state index is 6.62. The van der Waals surface area contributed by atoms with E-state index >= 15 is 0 Å². The summed E-state index contributed by atoms with van der Waals surface area (Å²) in [7, 11) is 0. The second-order valence-electron chi connectivity index (χ2n) is 12.4. The first-order valence-electron chi connectivity index (χ1n) is 17.1. The fraction of sp³-hybridized carbons (Fsp3) is 0. The number of anilines is 6. The van der Waals surface area contributed by atoms with Crippen LogP contribution in [-0.4, -0.2) is 4.98 Å². The van der Waals surface area contributed by atoms with Gasteiger partial charge in [-0.1, -0.05) is 121 Å². The Morgan fingerprint density at radius 3 is 1.37 bits per heavy atom. The Bertz CT molecular complexity index is 2510. The quantitative estimate of drug-likeness (QED) is 0.163. The number of hydrogen-bond acceptors (Lipinski definition) is 4. The van der Waals surface area contributed by atoms with E-state index in [1.807, 2.05) is 48.5 Å². The normalized spacial score (nSPS) is 11.1. The van der Waals surface area contributed by atoms with E-state index in [1.165, 1.54) is 11.1 Å². The van der Waals surface area contributed by atoms with Gasteiger partial charge in [0.2, 0.25) is 5.89 Å². The lowest BCUT2D eigenvalue weighted by Crippen LogP contribution is -2.11. The summed E-state index contributed by atoms with van der Waals surface area (Å²) in [6, 6.07) is 69.7. The van der Waals surface area contributed by atoms with Gasteiger partial charge < -0.3 is 14.2 Å². The summed E-state index contributed by atoms with van der Waals surface area (Å²) in [4.78, 5) is 9.74. The zero-order valence-corrected chi connectivity index (χ0v) is 27.8. The predicted octanol–water partition coefficient (Wildman–Crippen LogP) is 13.3. The summed E-state index contributed by atoms with van der Waals surface area (Å²) in [5.41, 5.74) is 11.1. The van der Waals surface area contributed by atoms with Crippen molar-refractivity contribution < 1.29 is 4.42 Å². The van der Waals surface area contributed by atoms with E-state index in [1.54, 1.807) is 0 Å². The van der Waals surface area contributed by atoms with Gasteiger partial charge in [0.25, 0.3) is 0 Å². The van der Waals surface area contributed by atoms with Gasteiger partial charge in [0.15, 0.2) is 5.58 Å². The van der Waals surface area contributed by atoms with E-state index in [2.05, 4.69) is 161 Å². The Balaban J connectivity index is 1.29. The van der Waals surface area contributed by atoms with E-state index in [-0.39, 0.29) is 0 Å².